The molecule has 0 aliphatic heterocycles. The highest BCUT2D eigenvalue weighted by molar-refractivity contribution is 9.10. The predicted molar refractivity (Wildman–Crippen MR) is 89.0 cm³/mol. The minimum absolute atomic E-state index is 0.520. The summed E-state index contributed by atoms with van der Waals surface area (Å²) in [5, 5.41) is 3.15. The molecule has 0 amide bonds. The van der Waals surface area contributed by atoms with Crippen LogP contribution in [0.3, 0.4) is 0 Å². The minimum atomic E-state index is 0.520. The molecule has 0 aliphatic carbocycles. The van der Waals surface area contributed by atoms with Gasteiger partial charge in [-0.2, -0.15) is 4.98 Å². The standard InChI is InChI=1S/C16H20BrN3O/c1-3-5-12-6-8-13(9-7-12)21-15-14(17)11-19-16(20-15)18-10-4-2/h6-9,11H,3-5,10H2,1-2H3,(H,18,19,20). The second kappa shape index (κ2) is 7.98. The van der Waals surface area contributed by atoms with Gasteiger partial charge in [0.15, 0.2) is 0 Å². The number of aromatic nitrogens is 2. The summed E-state index contributed by atoms with van der Waals surface area (Å²) in [5.74, 6) is 1.88. The van der Waals surface area contributed by atoms with Gasteiger partial charge in [-0.15, -0.1) is 0 Å². The lowest BCUT2D eigenvalue weighted by atomic mass is 10.1. The lowest BCUT2D eigenvalue weighted by Gasteiger charge is -2.09. The van der Waals surface area contributed by atoms with Gasteiger partial charge in [0.1, 0.15) is 5.75 Å². The maximum absolute atomic E-state index is 5.82. The molecule has 0 bridgehead atoms. The number of nitrogens with one attached hydrogen (secondary N) is 1. The van der Waals surface area contributed by atoms with Crippen LogP contribution in [0, 0.1) is 0 Å². The van der Waals surface area contributed by atoms with Gasteiger partial charge in [-0.3, -0.25) is 0 Å². The second-order valence-corrected chi connectivity index (χ2v) is 5.62. The van der Waals surface area contributed by atoms with Crippen molar-refractivity contribution in [2.45, 2.75) is 33.1 Å². The second-order valence-electron chi connectivity index (χ2n) is 4.77. The number of rotatable bonds is 7. The summed E-state index contributed by atoms with van der Waals surface area (Å²) >= 11 is 3.42. The van der Waals surface area contributed by atoms with Crippen molar-refractivity contribution in [3.05, 3.63) is 40.5 Å². The van der Waals surface area contributed by atoms with Crippen LogP contribution in [0.1, 0.15) is 32.3 Å². The molecule has 0 fully saturated rings. The average Bonchev–Trinajstić information content (AvgIpc) is 2.50. The number of ether oxygens (including phenoxy) is 1. The Bertz CT molecular complexity index is 572. The smallest absolute Gasteiger partial charge is 0.238 e. The summed E-state index contributed by atoms with van der Waals surface area (Å²) in [6.07, 6.45) is 4.95. The molecule has 0 saturated heterocycles. The lowest BCUT2D eigenvalue weighted by molar-refractivity contribution is 0.458. The van der Waals surface area contributed by atoms with Gasteiger partial charge in [-0.25, -0.2) is 4.98 Å². The number of hydrogen-bond donors (Lipinski definition) is 1. The Kier molecular flexibility index (Phi) is 5.99. The SMILES string of the molecule is CCCNc1ncc(Br)c(Oc2ccc(CCC)cc2)n1. The highest BCUT2D eigenvalue weighted by Crippen LogP contribution is 2.28. The predicted octanol–water partition coefficient (Wildman–Crippen LogP) is 4.81. The van der Waals surface area contributed by atoms with Gasteiger partial charge in [-0.1, -0.05) is 32.4 Å². The monoisotopic (exact) mass is 349 g/mol. The van der Waals surface area contributed by atoms with Crippen LogP contribution in [-0.4, -0.2) is 16.5 Å². The topological polar surface area (TPSA) is 47.0 Å². The largest absolute Gasteiger partial charge is 0.438 e. The summed E-state index contributed by atoms with van der Waals surface area (Å²) in [4.78, 5) is 8.58. The fourth-order valence-electron chi connectivity index (χ4n) is 1.87. The lowest BCUT2D eigenvalue weighted by Crippen LogP contribution is -2.05. The van der Waals surface area contributed by atoms with E-state index in [1.165, 1.54) is 5.56 Å². The molecule has 1 heterocycles. The van der Waals surface area contributed by atoms with E-state index in [0.29, 0.717) is 11.8 Å². The fourth-order valence-corrected chi connectivity index (χ4v) is 2.14. The van der Waals surface area contributed by atoms with E-state index in [4.69, 9.17) is 4.74 Å². The zero-order chi connectivity index (χ0) is 15.1. The first-order valence-electron chi connectivity index (χ1n) is 7.26. The van der Waals surface area contributed by atoms with E-state index >= 15 is 0 Å². The van der Waals surface area contributed by atoms with Crippen LogP contribution < -0.4 is 10.1 Å². The van der Waals surface area contributed by atoms with Crippen molar-refractivity contribution in [1.82, 2.24) is 9.97 Å². The molecule has 2 aromatic rings. The molecule has 0 spiro atoms. The van der Waals surface area contributed by atoms with E-state index < -0.39 is 0 Å². The molecule has 0 atom stereocenters. The molecule has 0 saturated carbocycles. The first kappa shape index (κ1) is 15.8. The summed E-state index contributed by atoms with van der Waals surface area (Å²) in [5.41, 5.74) is 1.32. The zero-order valence-electron chi connectivity index (χ0n) is 12.4. The van der Waals surface area contributed by atoms with E-state index in [2.05, 4.69) is 57.2 Å². The van der Waals surface area contributed by atoms with Crippen LogP contribution in [0.25, 0.3) is 0 Å². The van der Waals surface area contributed by atoms with Crippen molar-refractivity contribution < 1.29 is 4.74 Å². The van der Waals surface area contributed by atoms with Crippen LogP contribution in [-0.2, 0) is 6.42 Å². The van der Waals surface area contributed by atoms with Gasteiger partial charge in [0, 0.05) is 6.54 Å². The van der Waals surface area contributed by atoms with Gasteiger partial charge >= 0.3 is 0 Å². The molecular formula is C16H20BrN3O. The van der Waals surface area contributed by atoms with Gasteiger partial charge in [0.05, 0.1) is 10.7 Å². The zero-order valence-corrected chi connectivity index (χ0v) is 14.0. The van der Waals surface area contributed by atoms with Crippen LogP contribution in [0.5, 0.6) is 11.6 Å². The van der Waals surface area contributed by atoms with Gasteiger partial charge in [0.25, 0.3) is 0 Å². The summed E-state index contributed by atoms with van der Waals surface area (Å²) in [7, 11) is 0. The number of nitrogens with zero attached hydrogens (tertiary/aromatic N) is 2. The van der Waals surface area contributed by atoms with Crippen molar-refractivity contribution in [2.24, 2.45) is 0 Å². The quantitative estimate of drug-likeness (QED) is 0.779. The van der Waals surface area contributed by atoms with Crippen molar-refractivity contribution in [3.8, 4) is 11.6 Å². The molecule has 2 rings (SSSR count). The van der Waals surface area contributed by atoms with Crippen molar-refractivity contribution in [3.63, 3.8) is 0 Å². The van der Waals surface area contributed by atoms with E-state index in [9.17, 15) is 0 Å². The Morgan fingerprint density at radius 3 is 2.57 bits per heavy atom. The molecule has 112 valence electrons. The summed E-state index contributed by atoms with van der Waals surface area (Å²) in [6, 6.07) is 8.12. The number of benzene rings is 1. The summed E-state index contributed by atoms with van der Waals surface area (Å²) < 4.78 is 6.56. The normalized spacial score (nSPS) is 10.4. The molecule has 21 heavy (non-hydrogen) atoms. The molecule has 1 N–H and O–H groups in total. The maximum Gasteiger partial charge on any atom is 0.238 e. The number of hydrogen-bond acceptors (Lipinski definition) is 4. The van der Waals surface area contributed by atoms with E-state index in [-0.39, 0.29) is 0 Å². The average molecular weight is 350 g/mol. The number of anilines is 1. The molecule has 0 radical (unpaired) electrons. The van der Waals surface area contributed by atoms with Crippen molar-refractivity contribution >= 4 is 21.9 Å². The van der Waals surface area contributed by atoms with E-state index in [1.807, 2.05) is 12.1 Å². The Morgan fingerprint density at radius 2 is 1.90 bits per heavy atom. The highest BCUT2D eigenvalue weighted by Gasteiger charge is 2.07. The number of halogens is 1. The van der Waals surface area contributed by atoms with E-state index in [1.54, 1.807) is 6.20 Å². The van der Waals surface area contributed by atoms with Crippen LogP contribution in [0.2, 0.25) is 0 Å². The fraction of sp³-hybridized carbons (Fsp3) is 0.375. The molecule has 5 heteroatoms. The van der Waals surface area contributed by atoms with E-state index in [0.717, 1.165) is 36.0 Å². The number of aryl methyl sites for hydroxylation is 1. The first-order chi connectivity index (χ1) is 10.2. The van der Waals surface area contributed by atoms with Gasteiger partial charge in [0.2, 0.25) is 11.8 Å². The Morgan fingerprint density at radius 1 is 1.14 bits per heavy atom. The van der Waals surface area contributed by atoms with Crippen molar-refractivity contribution in [1.29, 1.82) is 0 Å². The third kappa shape index (κ3) is 4.70. The minimum Gasteiger partial charge on any atom is -0.438 e. The summed E-state index contributed by atoms with van der Waals surface area (Å²) in [6.45, 7) is 5.11. The molecule has 0 aliphatic rings. The molecular weight excluding hydrogens is 330 g/mol. The van der Waals surface area contributed by atoms with Crippen LogP contribution in [0.15, 0.2) is 34.9 Å². The maximum atomic E-state index is 5.82. The molecule has 4 nitrogen and oxygen atoms in total. The van der Waals surface area contributed by atoms with Crippen molar-refractivity contribution in [2.75, 3.05) is 11.9 Å². The molecule has 1 aromatic carbocycles. The Labute approximate surface area is 134 Å². The molecule has 1 aromatic heterocycles. The third-order valence-corrected chi connectivity index (χ3v) is 3.47. The van der Waals surface area contributed by atoms with Crippen LogP contribution >= 0.6 is 15.9 Å². The third-order valence-electron chi connectivity index (χ3n) is 2.92. The Balaban J connectivity index is 2.10. The van der Waals surface area contributed by atoms with Gasteiger partial charge in [-0.05, 0) is 46.5 Å². The highest BCUT2D eigenvalue weighted by atomic mass is 79.9. The van der Waals surface area contributed by atoms with Crippen LogP contribution in [0.4, 0.5) is 5.95 Å². The van der Waals surface area contributed by atoms with Gasteiger partial charge < -0.3 is 10.1 Å². The molecule has 0 unspecified atom stereocenters. The Hall–Kier alpha value is -1.62. The first-order valence-corrected chi connectivity index (χ1v) is 8.05.